The van der Waals surface area contributed by atoms with Gasteiger partial charge in [-0.25, -0.2) is 13.6 Å². The zero-order chi connectivity index (χ0) is 21.9. The maximum Gasteiger partial charge on any atom is 0.325 e. The summed E-state index contributed by atoms with van der Waals surface area (Å²) in [6.45, 7) is 0.992. The lowest BCUT2D eigenvalue weighted by molar-refractivity contribution is -0.134. The number of nitrogens with one attached hydrogen (secondary N) is 2. The first-order valence-corrected chi connectivity index (χ1v) is 9.24. The van der Waals surface area contributed by atoms with Crippen molar-refractivity contribution < 1.29 is 27.9 Å². The Balaban J connectivity index is 1.64. The highest BCUT2D eigenvalue weighted by atomic mass is 19.1. The van der Waals surface area contributed by atoms with Gasteiger partial charge in [0.1, 0.15) is 29.5 Å². The van der Waals surface area contributed by atoms with Crippen molar-refractivity contribution in [2.45, 2.75) is 18.9 Å². The van der Waals surface area contributed by atoms with E-state index in [1.807, 2.05) is 18.2 Å². The van der Waals surface area contributed by atoms with Gasteiger partial charge in [-0.3, -0.25) is 14.5 Å². The van der Waals surface area contributed by atoms with Crippen LogP contribution in [0.25, 0.3) is 0 Å². The molecule has 3 rings (SSSR count). The fraction of sp³-hybridized carbons (Fsp3) is 0.286. The molecule has 30 heavy (non-hydrogen) atoms. The molecule has 2 aromatic rings. The van der Waals surface area contributed by atoms with Crippen LogP contribution in [-0.4, -0.2) is 42.9 Å². The summed E-state index contributed by atoms with van der Waals surface area (Å²) in [7, 11) is 1.55. The molecule has 9 heteroatoms. The third kappa shape index (κ3) is 4.10. The number of carbonyl (C=O) groups excluding carboxylic acids is 3. The fourth-order valence-corrected chi connectivity index (χ4v) is 3.35. The highest BCUT2D eigenvalue weighted by molar-refractivity contribution is 6.09. The molecular weight excluding hydrogens is 396 g/mol. The molecule has 1 heterocycles. The highest BCUT2D eigenvalue weighted by Crippen LogP contribution is 2.31. The lowest BCUT2D eigenvalue weighted by Gasteiger charge is -2.22. The number of benzene rings is 2. The van der Waals surface area contributed by atoms with E-state index in [-0.39, 0.29) is 12.1 Å². The minimum atomic E-state index is -1.80. The van der Waals surface area contributed by atoms with Gasteiger partial charge in [0.05, 0.1) is 7.11 Å². The molecule has 158 valence electrons. The van der Waals surface area contributed by atoms with Crippen molar-refractivity contribution in [1.29, 1.82) is 0 Å². The van der Waals surface area contributed by atoms with E-state index in [9.17, 15) is 23.2 Å². The van der Waals surface area contributed by atoms with E-state index in [1.165, 1.54) is 6.92 Å². The van der Waals surface area contributed by atoms with E-state index < -0.39 is 41.6 Å². The maximum absolute atomic E-state index is 14.2. The SMILES string of the molecule is COc1ccccc1CCNC(=O)CN1C(=O)N[C@](C)(c2cc(F)ccc2F)C1=O. The van der Waals surface area contributed by atoms with Gasteiger partial charge in [-0.05, 0) is 43.2 Å². The van der Waals surface area contributed by atoms with Crippen LogP contribution in [0.4, 0.5) is 13.6 Å². The maximum atomic E-state index is 14.2. The monoisotopic (exact) mass is 417 g/mol. The number of urea groups is 1. The Labute approximate surface area is 172 Å². The first-order chi connectivity index (χ1) is 14.3. The third-order valence-corrected chi connectivity index (χ3v) is 4.95. The summed E-state index contributed by atoms with van der Waals surface area (Å²) in [5.41, 5.74) is -1.22. The lowest BCUT2D eigenvalue weighted by atomic mass is 9.91. The van der Waals surface area contributed by atoms with Crippen LogP contribution in [-0.2, 0) is 21.5 Å². The van der Waals surface area contributed by atoms with E-state index in [0.717, 1.165) is 23.8 Å². The first-order valence-electron chi connectivity index (χ1n) is 9.24. The molecule has 1 aliphatic heterocycles. The number of para-hydroxylation sites is 1. The number of halogens is 2. The second-order valence-electron chi connectivity index (χ2n) is 6.98. The van der Waals surface area contributed by atoms with Gasteiger partial charge in [-0.1, -0.05) is 18.2 Å². The molecule has 0 saturated carbocycles. The Morgan fingerprint density at radius 3 is 2.67 bits per heavy atom. The minimum Gasteiger partial charge on any atom is -0.496 e. The number of rotatable bonds is 7. The molecule has 2 aromatic carbocycles. The van der Waals surface area contributed by atoms with Crippen molar-refractivity contribution in [3.8, 4) is 5.75 Å². The first kappa shape index (κ1) is 21.2. The van der Waals surface area contributed by atoms with Crippen molar-refractivity contribution in [3.05, 3.63) is 65.2 Å². The van der Waals surface area contributed by atoms with E-state index in [1.54, 1.807) is 13.2 Å². The zero-order valence-corrected chi connectivity index (χ0v) is 16.5. The minimum absolute atomic E-state index is 0.263. The van der Waals surface area contributed by atoms with Crippen molar-refractivity contribution in [3.63, 3.8) is 0 Å². The van der Waals surface area contributed by atoms with Gasteiger partial charge >= 0.3 is 6.03 Å². The summed E-state index contributed by atoms with van der Waals surface area (Å²) in [4.78, 5) is 38.0. The van der Waals surface area contributed by atoms with Gasteiger partial charge in [-0.15, -0.1) is 0 Å². The molecule has 0 aliphatic carbocycles. The summed E-state index contributed by atoms with van der Waals surface area (Å²) in [5.74, 6) is -2.29. The molecule has 1 aliphatic rings. The molecule has 1 atom stereocenters. The Hall–Kier alpha value is -3.49. The molecule has 1 saturated heterocycles. The van der Waals surface area contributed by atoms with Crippen molar-refractivity contribution in [1.82, 2.24) is 15.5 Å². The Morgan fingerprint density at radius 1 is 1.20 bits per heavy atom. The topological polar surface area (TPSA) is 87.7 Å². The number of hydrogen-bond donors (Lipinski definition) is 2. The van der Waals surface area contributed by atoms with E-state index in [2.05, 4.69) is 10.6 Å². The largest absolute Gasteiger partial charge is 0.496 e. The van der Waals surface area contributed by atoms with Crippen molar-refractivity contribution >= 4 is 17.8 Å². The number of ether oxygens (including phenoxy) is 1. The van der Waals surface area contributed by atoms with E-state index in [0.29, 0.717) is 17.1 Å². The predicted molar refractivity (Wildman–Crippen MR) is 104 cm³/mol. The number of nitrogens with zero attached hydrogens (tertiary/aromatic N) is 1. The van der Waals surface area contributed by atoms with E-state index in [4.69, 9.17) is 4.74 Å². The summed E-state index contributed by atoms with van der Waals surface area (Å²) < 4.78 is 33.0. The van der Waals surface area contributed by atoms with Gasteiger partial charge < -0.3 is 15.4 Å². The van der Waals surface area contributed by atoms with Crippen molar-refractivity contribution in [2.24, 2.45) is 0 Å². The summed E-state index contributed by atoms with van der Waals surface area (Å²) in [6, 6.07) is 9.13. The van der Waals surface area contributed by atoms with Crippen LogP contribution >= 0.6 is 0 Å². The lowest BCUT2D eigenvalue weighted by Crippen LogP contribution is -2.44. The number of hydrogen-bond acceptors (Lipinski definition) is 4. The molecule has 7 nitrogen and oxygen atoms in total. The summed E-state index contributed by atoms with van der Waals surface area (Å²) in [6.07, 6.45) is 0.488. The van der Waals surface area contributed by atoms with Crippen molar-refractivity contribution in [2.75, 3.05) is 20.2 Å². The van der Waals surface area contributed by atoms with Crippen LogP contribution in [0, 0.1) is 11.6 Å². The van der Waals surface area contributed by atoms with Crippen LogP contribution in [0.1, 0.15) is 18.1 Å². The van der Waals surface area contributed by atoms with Crippen LogP contribution in [0.2, 0.25) is 0 Å². The molecule has 4 amide bonds. The van der Waals surface area contributed by atoms with E-state index >= 15 is 0 Å². The predicted octanol–water partition coefficient (Wildman–Crippen LogP) is 2.10. The average Bonchev–Trinajstić information content (AvgIpc) is 2.94. The second kappa shape index (κ2) is 8.48. The third-order valence-electron chi connectivity index (χ3n) is 4.95. The number of carbonyl (C=O) groups is 3. The van der Waals surface area contributed by atoms with Gasteiger partial charge in [0.15, 0.2) is 0 Å². The summed E-state index contributed by atoms with van der Waals surface area (Å²) in [5, 5.41) is 4.99. The molecule has 0 spiro atoms. The quantitative estimate of drug-likeness (QED) is 0.676. The molecular formula is C21H21F2N3O4. The second-order valence-corrected chi connectivity index (χ2v) is 6.98. The zero-order valence-electron chi connectivity index (χ0n) is 16.5. The molecule has 0 bridgehead atoms. The van der Waals surface area contributed by atoms with Crippen LogP contribution in [0.15, 0.2) is 42.5 Å². The van der Waals surface area contributed by atoms with Gasteiger partial charge in [-0.2, -0.15) is 0 Å². The molecule has 0 unspecified atom stereocenters. The van der Waals surface area contributed by atoms with Gasteiger partial charge in [0, 0.05) is 12.1 Å². The van der Waals surface area contributed by atoms with Crippen LogP contribution in [0.5, 0.6) is 5.75 Å². The molecule has 0 radical (unpaired) electrons. The van der Waals surface area contributed by atoms with Crippen LogP contribution < -0.4 is 15.4 Å². The number of methoxy groups -OCH3 is 1. The Kier molecular flexibility index (Phi) is 6.00. The molecule has 2 N–H and O–H groups in total. The highest BCUT2D eigenvalue weighted by Gasteiger charge is 2.50. The average molecular weight is 417 g/mol. The Bertz CT molecular complexity index is 998. The van der Waals surface area contributed by atoms with Gasteiger partial charge in [0.25, 0.3) is 5.91 Å². The smallest absolute Gasteiger partial charge is 0.325 e. The van der Waals surface area contributed by atoms with Gasteiger partial charge in [0.2, 0.25) is 5.91 Å². The number of imide groups is 1. The normalized spacial score (nSPS) is 18.3. The number of amides is 4. The molecule has 0 aromatic heterocycles. The summed E-state index contributed by atoms with van der Waals surface area (Å²) >= 11 is 0. The molecule has 1 fully saturated rings. The standard InChI is InChI=1S/C21H21F2N3O4/c1-21(15-11-14(22)7-8-16(15)23)19(28)26(20(29)25-21)12-18(27)24-10-9-13-5-3-4-6-17(13)30-2/h3-8,11H,9-10,12H2,1-2H3,(H,24,27)(H,25,29)/t21-/m1/s1. The Morgan fingerprint density at radius 2 is 1.93 bits per heavy atom. The van der Waals surface area contributed by atoms with Crippen LogP contribution in [0.3, 0.4) is 0 Å². The fourth-order valence-electron chi connectivity index (χ4n) is 3.35.